The molecule has 0 radical (unpaired) electrons. The topological polar surface area (TPSA) is 29.3 Å². The molecule has 0 bridgehead atoms. The highest BCUT2D eigenvalue weighted by Crippen LogP contribution is 2.27. The fourth-order valence-corrected chi connectivity index (χ4v) is 3.41. The monoisotopic (exact) mass is 360 g/mol. The predicted octanol–water partition coefficient (Wildman–Crippen LogP) is 3.69. The second-order valence-electron chi connectivity index (χ2n) is 5.28. The lowest BCUT2D eigenvalue weighted by molar-refractivity contribution is 0.805. The van der Waals surface area contributed by atoms with Crippen molar-refractivity contribution in [1.29, 1.82) is 0 Å². The molecule has 2 aromatic rings. The number of nitrogens with zero attached hydrogens (tertiary/aromatic N) is 1. The summed E-state index contributed by atoms with van der Waals surface area (Å²) in [6.07, 6.45) is 2.12. The Bertz CT molecular complexity index is 657. The van der Waals surface area contributed by atoms with Crippen molar-refractivity contribution in [2.24, 2.45) is 5.73 Å². The summed E-state index contributed by atoms with van der Waals surface area (Å²) < 4.78 is 1.01. The van der Waals surface area contributed by atoms with Crippen LogP contribution in [-0.4, -0.2) is 18.1 Å². The van der Waals surface area contributed by atoms with E-state index in [-0.39, 0.29) is 0 Å². The highest BCUT2D eigenvalue weighted by Gasteiger charge is 2.17. The lowest BCUT2D eigenvalue weighted by Gasteiger charge is -2.25. The van der Waals surface area contributed by atoms with Gasteiger partial charge in [0.25, 0.3) is 0 Å². The zero-order valence-electron chi connectivity index (χ0n) is 11.7. The van der Waals surface area contributed by atoms with E-state index in [1.54, 1.807) is 0 Å². The standard InChI is InChI=1S/C17H17BrN2S/c18-14-5-6-16(15(11-14)17(19)21)20-9-7-12-3-1-2-4-13(12)8-10-20/h1-6,11H,7-10H2,(H2,19,21). The molecule has 0 saturated heterocycles. The van der Waals surface area contributed by atoms with Gasteiger partial charge in [0.15, 0.2) is 0 Å². The van der Waals surface area contributed by atoms with Crippen LogP contribution in [0, 0.1) is 0 Å². The van der Waals surface area contributed by atoms with Crippen molar-refractivity contribution in [3.8, 4) is 0 Å². The average molecular weight is 361 g/mol. The number of fused-ring (bicyclic) bond motifs is 1. The minimum Gasteiger partial charge on any atom is -0.389 e. The van der Waals surface area contributed by atoms with Crippen LogP contribution in [0.2, 0.25) is 0 Å². The third kappa shape index (κ3) is 3.11. The van der Waals surface area contributed by atoms with Gasteiger partial charge in [-0.3, -0.25) is 0 Å². The van der Waals surface area contributed by atoms with Crippen molar-refractivity contribution < 1.29 is 0 Å². The first-order chi connectivity index (χ1) is 10.1. The molecule has 1 heterocycles. The number of hydrogen-bond donors (Lipinski definition) is 1. The normalized spacial score (nSPS) is 14.4. The van der Waals surface area contributed by atoms with Crippen LogP contribution < -0.4 is 10.6 Å². The highest BCUT2D eigenvalue weighted by atomic mass is 79.9. The minimum atomic E-state index is 0.452. The summed E-state index contributed by atoms with van der Waals surface area (Å²) in [6, 6.07) is 14.9. The number of nitrogens with two attached hydrogens (primary N) is 1. The van der Waals surface area contributed by atoms with Crippen LogP contribution in [0.1, 0.15) is 16.7 Å². The van der Waals surface area contributed by atoms with E-state index in [0.717, 1.165) is 41.7 Å². The van der Waals surface area contributed by atoms with E-state index in [1.807, 2.05) is 6.07 Å². The maximum absolute atomic E-state index is 5.90. The largest absolute Gasteiger partial charge is 0.389 e. The Balaban J connectivity index is 1.91. The van der Waals surface area contributed by atoms with Gasteiger partial charge in [0, 0.05) is 28.8 Å². The van der Waals surface area contributed by atoms with Crippen molar-refractivity contribution >= 4 is 38.8 Å². The van der Waals surface area contributed by atoms with E-state index in [9.17, 15) is 0 Å². The number of thiocarbonyl (C=S) groups is 1. The Morgan fingerprint density at radius 3 is 2.24 bits per heavy atom. The van der Waals surface area contributed by atoms with Crippen molar-refractivity contribution in [3.05, 3.63) is 63.6 Å². The van der Waals surface area contributed by atoms with Gasteiger partial charge in [-0.2, -0.15) is 0 Å². The summed E-state index contributed by atoms with van der Waals surface area (Å²) in [7, 11) is 0. The zero-order valence-corrected chi connectivity index (χ0v) is 14.1. The van der Waals surface area contributed by atoms with Crippen molar-refractivity contribution in [2.45, 2.75) is 12.8 Å². The summed E-state index contributed by atoms with van der Waals surface area (Å²) in [6.45, 7) is 1.99. The summed E-state index contributed by atoms with van der Waals surface area (Å²) in [5, 5.41) is 0. The van der Waals surface area contributed by atoms with Gasteiger partial charge in [-0.05, 0) is 42.2 Å². The first-order valence-corrected chi connectivity index (χ1v) is 8.26. The maximum atomic E-state index is 5.90. The van der Waals surface area contributed by atoms with Gasteiger partial charge in [0.1, 0.15) is 4.99 Å². The Morgan fingerprint density at radius 2 is 1.67 bits per heavy atom. The van der Waals surface area contributed by atoms with Crippen molar-refractivity contribution in [3.63, 3.8) is 0 Å². The lowest BCUT2D eigenvalue weighted by Crippen LogP contribution is -2.28. The first-order valence-electron chi connectivity index (χ1n) is 7.06. The number of rotatable bonds is 2. The third-order valence-corrected chi connectivity index (χ3v) is 4.70. The molecule has 0 saturated carbocycles. The Kier molecular flexibility index (Phi) is 4.27. The van der Waals surface area contributed by atoms with Gasteiger partial charge in [-0.25, -0.2) is 0 Å². The lowest BCUT2D eigenvalue weighted by atomic mass is 10.0. The van der Waals surface area contributed by atoms with Crippen molar-refractivity contribution in [1.82, 2.24) is 0 Å². The predicted molar refractivity (Wildman–Crippen MR) is 96.1 cm³/mol. The molecule has 2 N–H and O–H groups in total. The summed E-state index contributed by atoms with van der Waals surface area (Å²) >= 11 is 8.71. The Morgan fingerprint density at radius 1 is 1.05 bits per heavy atom. The van der Waals surface area contributed by atoms with Gasteiger partial charge in [-0.1, -0.05) is 52.4 Å². The molecule has 0 atom stereocenters. The molecule has 0 amide bonds. The van der Waals surface area contributed by atoms with E-state index >= 15 is 0 Å². The van der Waals surface area contributed by atoms with Gasteiger partial charge in [0.2, 0.25) is 0 Å². The van der Waals surface area contributed by atoms with Gasteiger partial charge < -0.3 is 10.6 Å². The SMILES string of the molecule is NC(=S)c1cc(Br)ccc1N1CCc2ccccc2CC1. The van der Waals surface area contributed by atoms with Crippen molar-refractivity contribution in [2.75, 3.05) is 18.0 Å². The molecule has 1 aliphatic rings. The second kappa shape index (κ2) is 6.16. The molecular weight excluding hydrogens is 344 g/mol. The number of anilines is 1. The number of halogens is 1. The molecule has 0 aliphatic carbocycles. The highest BCUT2D eigenvalue weighted by molar-refractivity contribution is 9.10. The molecule has 2 aromatic carbocycles. The van der Waals surface area contributed by atoms with E-state index in [2.05, 4.69) is 57.2 Å². The van der Waals surface area contributed by atoms with Crippen LogP contribution in [0.4, 0.5) is 5.69 Å². The van der Waals surface area contributed by atoms with Crippen LogP contribution in [0.15, 0.2) is 46.9 Å². The molecule has 2 nitrogen and oxygen atoms in total. The van der Waals surface area contributed by atoms with Gasteiger partial charge >= 0.3 is 0 Å². The molecule has 1 aliphatic heterocycles. The van der Waals surface area contributed by atoms with Gasteiger partial charge in [0.05, 0.1) is 0 Å². The Labute approximate surface area is 139 Å². The van der Waals surface area contributed by atoms with E-state index in [0.29, 0.717) is 4.99 Å². The van der Waals surface area contributed by atoms with E-state index in [1.165, 1.54) is 11.1 Å². The number of hydrogen-bond acceptors (Lipinski definition) is 2. The number of benzene rings is 2. The zero-order chi connectivity index (χ0) is 14.8. The third-order valence-electron chi connectivity index (χ3n) is 3.99. The molecule has 0 unspecified atom stereocenters. The molecule has 0 spiro atoms. The molecular formula is C17H17BrN2S. The molecule has 21 heavy (non-hydrogen) atoms. The molecule has 0 aromatic heterocycles. The van der Waals surface area contributed by atoms with Crippen LogP contribution in [0.3, 0.4) is 0 Å². The second-order valence-corrected chi connectivity index (χ2v) is 6.64. The molecule has 0 fully saturated rings. The minimum absolute atomic E-state index is 0.452. The quantitative estimate of drug-likeness (QED) is 0.828. The van der Waals surface area contributed by atoms with Crippen LogP contribution >= 0.6 is 28.1 Å². The summed E-state index contributed by atoms with van der Waals surface area (Å²) in [5.41, 5.74) is 10.9. The smallest absolute Gasteiger partial charge is 0.106 e. The van der Waals surface area contributed by atoms with Crippen LogP contribution in [0.5, 0.6) is 0 Å². The van der Waals surface area contributed by atoms with Crippen LogP contribution in [0.25, 0.3) is 0 Å². The fraction of sp³-hybridized carbons (Fsp3) is 0.235. The summed E-state index contributed by atoms with van der Waals surface area (Å²) in [4.78, 5) is 2.84. The molecule has 4 heteroatoms. The van der Waals surface area contributed by atoms with Gasteiger partial charge in [-0.15, -0.1) is 0 Å². The maximum Gasteiger partial charge on any atom is 0.106 e. The Hall–Kier alpha value is -1.39. The molecule has 3 rings (SSSR count). The first kappa shape index (κ1) is 14.5. The average Bonchev–Trinajstić information content (AvgIpc) is 2.70. The summed E-state index contributed by atoms with van der Waals surface area (Å²) in [5.74, 6) is 0. The van der Waals surface area contributed by atoms with Crippen LogP contribution in [-0.2, 0) is 12.8 Å². The fourth-order valence-electron chi connectivity index (χ4n) is 2.89. The van der Waals surface area contributed by atoms with E-state index in [4.69, 9.17) is 18.0 Å². The van der Waals surface area contributed by atoms with E-state index < -0.39 is 0 Å². The molecule has 108 valence electrons.